The zero-order valence-corrected chi connectivity index (χ0v) is 17.2. The molecule has 25 heavy (non-hydrogen) atoms. The first kappa shape index (κ1) is 17.5. The fraction of sp³-hybridized carbons (Fsp3) is 0.824. The Balaban J connectivity index is 0.00000157. The number of aromatic nitrogens is 3. The number of ether oxygens (including phenoxy) is 1. The quantitative estimate of drug-likeness (QED) is 0.422. The number of hydrogen-bond acceptors (Lipinski definition) is 4. The number of nitrogens with zero attached hydrogens (tertiary/aromatic N) is 5. The van der Waals surface area contributed by atoms with Gasteiger partial charge in [-0.2, -0.15) is 0 Å². The van der Waals surface area contributed by atoms with Gasteiger partial charge in [0, 0.05) is 38.0 Å². The van der Waals surface area contributed by atoms with Gasteiger partial charge >= 0.3 is 0 Å². The molecule has 4 atom stereocenters. The van der Waals surface area contributed by atoms with Crippen LogP contribution in [-0.2, 0) is 18.3 Å². The Morgan fingerprint density at radius 2 is 1.84 bits per heavy atom. The average Bonchev–Trinajstić information content (AvgIpc) is 2.95. The van der Waals surface area contributed by atoms with Gasteiger partial charge in [-0.15, -0.1) is 34.2 Å². The van der Waals surface area contributed by atoms with Crippen LogP contribution in [0.2, 0.25) is 0 Å². The van der Waals surface area contributed by atoms with Gasteiger partial charge in [-0.05, 0) is 32.6 Å². The maximum Gasteiger partial charge on any atom is 0.194 e. The first-order valence-electron chi connectivity index (χ1n) is 9.25. The third-order valence-electron chi connectivity index (χ3n) is 6.22. The summed E-state index contributed by atoms with van der Waals surface area (Å²) in [7, 11) is 2.00. The van der Waals surface area contributed by atoms with Crippen LogP contribution < -0.4 is 5.32 Å². The normalized spacial score (nSPS) is 33.5. The molecule has 1 aromatic rings. The molecule has 1 aliphatic carbocycles. The Bertz CT molecular complexity index is 654. The molecule has 4 heterocycles. The van der Waals surface area contributed by atoms with Crippen molar-refractivity contribution in [3.8, 4) is 0 Å². The van der Waals surface area contributed by atoms with Crippen molar-refractivity contribution in [1.82, 2.24) is 25.0 Å². The van der Waals surface area contributed by atoms with Crippen molar-refractivity contribution in [3.05, 3.63) is 11.6 Å². The largest absolute Gasteiger partial charge is 0.374 e. The molecule has 0 spiro atoms. The van der Waals surface area contributed by atoms with Crippen LogP contribution in [0, 0.1) is 18.8 Å². The molecule has 0 radical (unpaired) electrons. The van der Waals surface area contributed by atoms with E-state index in [1.165, 1.54) is 25.7 Å². The number of halogens is 1. The van der Waals surface area contributed by atoms with Gasteiger partial charge in [0.1, 0.15) is 12.4 Å². The highest BCUT2D eigenvalue weighted by molar-refractivity contribution is 14.0. The summed E-state index contributed by atoms with van der Waals surface area (Å²) in [6.07, 6.45) is 6.01. The van der Waals surface area contributed by atoms with E-state index in [1.807, 2.05) is 18.5 Å². The second-order valence-electron chi connectivity index (χ2n) is 7.80. The lowest BCUT2D eigenvalue weighted by atomic mass is 9.82. The standard InChI is InChI=1S/C17H26N6O.HI/c1-10-20-21-16(22(10)2)7-18-17(19-11-3-4-11)23-8-12-13(9-23)15-6-5-14(12)24-15;/h11-15H,3-9H2,1-2H3,(H,18,19);1H. The molecule has 3 saturated heterocycles. The number of guanidine groups is 1. The smallest absolute Gasteiger partial charge is 0.194 e. The maximum atomic E-state index is 6.10. The number of likely N-dealkylation sites (tertiary alicyclic amines) is 1. The third-order valence-corrected chi connectivity index (χ3v) is 6.22. The number of nitrogens with one attached hydrogen (secondary N) is 1. The predicted octanol–water partition coefficient (Wildman–Crippen LogP) is 1.46. The first-order valence-corrected chi connectivity index (χ1v) is 9.25. The Morgan fingerprint density at radius 3 is 2.40 bits per heavy atom. The van der Waals surface area contributed by atoms with Gasteiger partial charge in [0.25, 0.3) is 0 Å². The molecule has 4 fully saturated rings. The van der Waals surface area contributed by atoms with Crippen LogP contribution in [0.5, 0.6) is 0 Å². The molecule has 2 bridgehead atoms. The molecule has 3 aliphatic heterocycles. The Labute approximate surface area is 165 Å². The Kier molecular flexibility index (Phi) is 4.68. The Hall–Kier alpha value is -0.900. The van der Waals surface area contributed by atoms with E-state index >= 15 is 0 Å². The van der Waals surface area contributed by atoms with Crippen LogP contribution >= 0.6 is 24.0 Å². The highest BCUT2D eigenvalue weighted by Gasteiger charge is 2.53. The molecule has 4 aliphatic rings. The van der Waals surface area contributed by atoms with Crippen LogP contribution in [0.4, 0.5) is 0 Å². The molecule has 1 aromatic heterocycles. The summed E-state index contributed by atoms with van der Waals surface area (Å²) in [6, 6.07) is 0.610. The minimum atomic E-state index is 0. The minimum Gasteiger partial charge on any atom is -0.374 e. The van der Waals surface area contributed by atoms with Gasteiger partial charge in [0.2, 0.25) is 0 Å². The number of hydrogen-bond donors (Lipinski definition) is 1. The molecule has 0 amide bonds. The van der Waals surface area contributed by atoms with Crippen LogP contribution in [0.15, 0.2) is 4.99 Å². The van der Waals surface area contributed by atoms with E-state index in [9.17, 15) is 0 Å². The number of aliphatic imine (C=N–C) groups is 1. The third kappa shape index (κ3) is 3.15. The second kappa shape index (κ2) is 6.68. The molecule has 8 heteroatoms. The summed E-state index contributed by atoms with van der Waals surface area (Å²) < 4.78 is 8.12. The second-order valence-corrected chi connectivity index (χ2v) is 7.80. The van der Waals surface area contributed by atoms with Crippen molar-refractivity contribution >= 4 is 29.9 Å². The minimum absolute atomic E-state index is 0. The predicted molar refractivity (Wildman–Crippen MR) is 105 cm³/mol. The summed E-state index contributed by atoms with van der Waals surface area (Å²) in [4.78, 5) is 7.36. The lowest BCUT2D eigenvalue weighted by molar-refractivity contribution is 0.0767. The number of aryl methyl sites for hydroxylation is 1. The van der Waals surface area contributed by atoms with Crippen LogP contribution in [0.3, 0.4) is 0 Å². The number of fused-ring (bicyclic) bond motifs is 5. The summed E-state index contributed by atoms with van der Waals surface area (Å²) in [5.41, 5.74) is 0. The van der Waals surface area contributed by atoms with Crippen LogP contribution in [-0.4, -0.2) is 57.0 Å². The monoisotopic (exact) mass is 458 g/mol. The number of rotatable bonds is 3. The molecule has 138 valence electrons. The van der Waals surface area contributed by atoms with Gasteiger partial charge in [-0.3, -0.25) is 0 Å². The molecule has 0 aromatic carbocycles. The topological polar surface area (TPSA) is 67.6 Å². The summed E-state index contributed by atoms with van der Waals surface area (Å²) in [6.45, 7) is 4.73. The Morgan fingerprint density at radius 1 is 1.16 bits per heavy atom. The highest BCUT2D eigenvalue weighted by atomic mass is 127. The van der Waals surface area contributed by atoms with Crippen molar-refractivity contribution in [1.29, 1.82) is 0 Å². The SMILES string of the molecule is Cc1nnc(CN=C(NC2CC2)N2CC3C4CCC(O4)C3C2)n1C.I. The molecule has 5 rings (SSSR count). The van der Waals surface area contributed by atoms with E-state index in [2.05, 4.69) is 20.4 Å². The maximum absolute atomic E-state index is 6.10. The van der Waals surface area contributed by atoms with Gasteiger partial charge in [0.05, 0.1) is 12.2 Å². The molecule has 4 unspecified atom stereocenters. The van der Waals surface area contributed by atoms with E-state index < -0.39 is 0 Å². The molecular weight excluding hydrogens is 431 g/mol. The highest BCUT2D eigenvalue weighted by Crippen LogP contribution is 2.47. The molecule has 1 saturated carbocycles. The van der Waals surface area contributed by atoms with Crippen molar-refractivity contribution in [2.75, 3.05) is 13.1 Å². The zero-order chi connectivity index (χ0) is 16.3. The zero-order valence-electron chi connectivity index (χ0n) is 14.9. The summed E-state index contributed by atoms with van der Waals surface area (Å²) in [5, 5.41) is 12.0. The molecular formula is C17H27IN6O. The fourth-order valence-electron chi connectivity index (χ4n) is 4.51. The molecule has 1 N–H and O–H groups in total. The van der Waals surface area contributed by atoms with E-state index in [0.717, 1.165) is 30.7 Å². The lowest BCUT2D eigenvalue weighted by Crippen LogP contribution is -2.42. The molecule has 7 nitrogen and oxygen atoms in total. The van der Waals surface area contributed by atoms with Crippen molar-refractivity contribution in [2.45, 2.75) is 57.4 Å². The van der Waals surface area contributed by atoms with Gasteiger partial charge in [-0.1, -0.05) is 0 Å². The first-order chi connectivity index (χ1) is 11.7. The van der Waals surface area contributed by atoms with Crippen molar-refractivity contribution < 1.29 is 4.74 Å². The van der Waals surface area contributed by atoms with Crippen LogP contribution in [0.1, 0.15) is 37.3 Å². The van der Waals surface area contributed by atoms with E-state index in [-0.39, 0.29) is 24.0 Å². The summed E-state index contributed by atoms with van der Waals surface area (Å²) in [5.74, 6) is 4.32. The van der Waals surface area contributed by atoms with E-state index in [0.29, 0.717) is 36.6 Å². The summed E-state index contributed by atoms with van der Waals surface area (Å²) >= 11 is 0. The van der Waals surface area contributed by atoms with Gasteiger partial charge in [0.15, 0.2) is 11.8 Å². The lowest BCUT2D eigenvalue weighted by Gasteiger charge is -2.23. The van der Waals surface area contributed by atoms with E-state index in [1.54, 1.807) is 0 Å². The van der Waals surface area contributed by atoms with Crippen molar-refractivity contribution in [3.63, 3.8) is 0 Å². The fourth-order valence-corrected chi connectivity index (χ4v) is 4.51. The van der Waals surface area contributed by atoms with Crippen molar-refractivity contribution in [2.24, 2.45) is 23.9 Å². The van der Waals surface area contributed by atoms with Gasteiger partial charge < -0.3 is 19.5 Å². The average molecular weight is 458 g/mol. The van der Waals surface area contributed by atoms with Gasteiger partial charge in [-0.25, -0.2) is 4.99 Å². The van der Waals surface area contributed by atoms with E-state index in [4.69, 9.17) is 9.73 Å². The van der Waals surface area contributed by atoms with Crippen LogP contribution in [0.25, 0.3) is 0 Å².